The van der Waals surface area contributed by atoms with Gasteiger partial charge in [0.25, 0.3) is 0 Å². The Hall–Kier alpha value is -5.19. The Kier molecular flexibility index (Phi) is 6.16. The Morgan fingerprint density at radius 1 is 0.739 bits per heavy atom. The van der Waals surface area contributed by atoms with Crippen LogP contribution in [0.2, 0.25) is 0 Å². The van der Waals surface area contributed by atoms with E-state index in [4.69, 9.17) is 10.3 Å². The lowest BCUT2D eigenvalue weighted by atomic mass is 9.82. The van der Waals surface area contributed by atoms with Gasteiger partial charge in [-0.1, -0.05) is 129 Å². The number of fused-ring (bicyclic) bond motifs is 6. The number of benzene rings is 5. The van der Waals surface area contributed by atoms with Crippen molar-refractivity contribution in [2.45, 2.75) is 44.4 Å². The van der Waals surface area contributed by atoms with Crippen LogP contribution in [0.1, 0.15) is 49.5 Å². The molecule has 2 heterocycles. The van der Waals surface area contributed by atoms with Crippen LogP contribution in [-0.4, -0.2) is 16.7 Å². The van der Waals surface area contributed by atoms with Crippen LogP contribution in [-0.2, 0) is 5.41 Å². The third-order valence-corrected chi connectivity index (χ3v) is 10.1. The van der Waals surface area contributed by atoms with Crippen molar-refractivity contribution in [3.05, 3.63) is 161 Å². The molecule has 4 nitrogen and oxygen atoms in total. The molecule has 5 aromatic carbocycles. The molecule has 0 saturated heterocycles. The molecule has 4 heteroatoms. The van der Waals surface area contributed by atoms with Crippen LogP contribution in [0.5, 0.6) is 0 Å². The lowest BCUT2D eigenvalue weighted by molar-refractivity contribution is 0.623. The fourth-order valence-corrected chi connectivity index (χ4v) is 7.68. The Bertz CT molecular complexity index is 2230. The first-order chi connectivity index (χ1) is 22.6. The largest absolute Gasteiger partial charge is 0.613 e. The van der Waals surface area contributed by atoms with Gasteiger partial charge in [0.15, 0.2) is 0 Å². The topological polar surface area (TPSA) is 43.4 Å². The monoisotopic (exact) mass is 595 g/mol. The maximum Gasteiger partial charge on any atom is 0.201 e. The van der Waals surface area contributed by atoms with E-state index < -0.39 is 0 Å². The van der Waals surface area contributed by atoms with E-state index in [-0.39, 0.29) is 17.7 Å². The summed E-state index contributed by atoms with van der Waals surface area (Å²) >= 11 is 0. The summed E-state index contributed by atoms with van der Waals surface area (Å²) < 4.78 is 2.36. The maximum atomic E-state index is 5.37. The van der Waals surface area contributed by atoms with Gasteiger partial charge in [-0.3, -0.25) is 9.56 Å². The van der Waals surface area contributed by atoms with Gasteiger partial charge in [0, 0.05) is 16.2 Å². The summed E-state index contributed by atoms with van der Waals surface area (Å²) in [6.45, 7) is 4.70. The molecule has 0 spiro atoms. The highest BCUT2D eigenvalue weighted by Gasteiger charge is 2.36. The summed E-state index contributed by atoms with van der Waals surface area (Å²) in [5, 5.41) is 11.5. The highest BCUT2D eigenvalue weighted by atomic mass is 15.4. The van der Waals surface area contributed by atoms with E-state index in [1.165, 1.54) is 49.7 Å². The third-order valence-electron chi connectivity index (χ3n) is 10.1. The molecule has 2 atom stereocenters. The second-order valence-electron chi connectivity index (χ2n) is 13.2. The molecule has 0 radical (unpaired) electrons. The highest BCUT2D eigenvalue weighted by Crippen LogP contribution is 2.51. The highest BCUT2D eigenvalue weighted by molar-refractivity contribution is 6.16. The molecule has 1 aliphatic heterocycles. The van der Waals surface area contributed by atoms with Gasteiger partial charge in [-0.2, -0.15) is 0 Å². The summed E-state index contributed by atoms with van der Waals surface area (Å²) in [5.74, 6) is 0.838. The van der Waals surface area contributed by atoms with Crippen molar-refractivity contribution in [2.75, 3.05) is 0 Å². The smallest absolute Gasteiger partial charge is 0.201 e. The van der Waals surface area contributed by atoms with Crippen LogP contribution in [0.4, 0.5) is 0 Å². The predicted molar refractivity (Wildman–Crippen MR) is 191 cm³/mol. The van der Waals surface area contributed by atoms with E-state index in [1.54, 1.807) is 0 Å². The van der Waals surface area contributed by atoms with Gasteiger partial charge >= 0.3 is 0 Å². The van der Waals surface area contributed by atoms with Gasteiger partial charge in [-0.15, -0.1) is 0 Å². The second-order valence-corrected chi connectivity index (χ2v) is 13.2. The molecule has 9 rings (SSSR count). The first kappa shape index (κ1) is 27.1. The van der Waals surface area contributed by atoms with Crippen molar-refractivity contribution in [3.63, 3.8) is 0 Å². The number of allylic oxidation sites excluding steroid dienone is 3. The number of aromatic nitrogens is 1. The van der Waals surface area contributed by atoms with Crippen LogP contribution < -0.4 is 5.32 Å². The van der Waals surface area contributed by atoms with Gasteiger partial charge in [0.05, 0.1) is 11.0 Å². The fraction of sp³-hybridized carbons (Fsp3) is 0.167. The molecule has 2 aliphatic carbocycles. The molecule has 1 aromatic heterocycles. The molecule has 0 fully saturated rings. The van der Waals surface area contributed by atoms with Crippen LogP contribution in [0.3, 0.4) is 0 Å². The summed E-state index contributed by atoms with van der Waals surface area (Å²) in [6.07, 6.45) is 8.10. The van der Waals surface area contributed by atoms with Crippen LogP contribution in [0.15, 0.2) is 144 Å². The minimum Gasteiger partial charge on any atom is -0.613 e. The fourth-order valence-electron chi connectivity index (χ4n) is 7.68. The van der Waals surface area contributed by atoms with E-state index in [2.05, 4.69) is 157 Å². The molecule has 6 aromatic rings. The number of rotatable bonds is 3. The van der Waals surface area contributed by atoms with E-state index in [1.807, 2.05) is 0 Å². The van der Waals surface area contributed by atoms with Crippen molar-refractivity contribution >= 4 is 27.8 Å². The minimum atomic E-state index is -0.252. The SMILES string of the molecule is CC1(C)c2ccccc2-c2cc3c4cc(-c5ccccc5)ccc4n(C4=NC(C5=CC=CCC5)[N-]C(c5ccccc5)N4)c3cc21. The molecule has 0 saturated carbocycles. The number of hydrogen-bond acceptors (Lipinski definition) is 2. The van der Waals surface area contributed by atoms with Crippen LogP contribution in [0.25, 0.3) is 49.4 Å². The Balaban J connectivity index is 1.31. The first-order valence-corrected chi connectivity index (χ1v) is 16.3. The third kappa shape index (κ3) is 4.21. The zero-order valence-corrected chi connectivity index (χ0v) is 26.1. The van der Waals surface area contributed by atoms with Crippen molar-refractivity contribution in [2.24, 2.45) is 4.99 Å². The predicted octanol–water partition coefficient (Wildman–Crippen LogP) is 10.3. The number of nitrogens with zero attached hydrogens (tertiary/aromatic N) is 3. The molecular weight excluding hydrogens is 560 g/mol. The van der Waals surface area contributed by atoms with E-state index in [0.717, 1.165) is 35.4 Å². The van der Waals surface area contributed by atoms with Crippen LogP contribution >= 0.6 is 0 Å². The van der Waals surface area contributed by atoms with Gasteiger partial charge in [-0.05, 0) is 88.4 Å². The van der Waals surface area contributed by atoms with Gasteiger partial charge in [-0.25, -0.2) is 0 Å². The minimum absolute atomic E-state index is 0.109. The standard InChI is InChI=1S/C42H35N4/c1-42(2)35-21-13-12-20-31(35)32-25-34-33-24-30(27-14-6-3-7-15-27)22-23-37(33)46(38(34)26-36(32)42)41-44-39(28-16-8-4-9-17-28)43-40(45-41)29-18-10-5-11-19-29/h3-10,12-18,20-26,39-40H,11,19H2,1-2H3,(H,44,45)/q-1. The average molecular weight is 596 g/mol. The van der Waals surface area contributed by atoms with Crippen LogP contribution in [0, 0.1) is 0 Å². The number of aliphatic imine (C=N–C) groups is 1. The van der Waals surface area contributed by atoms with Crippen molar-refractivity contribution in [1.29, 1.82) is 0 Å². The zero-order valence-electron chi connectivity index (χ0n) is 26.1. The quantitative estimate of drug-likeness (QED) is 0.217. The van der Waals surface area contributed by atoms with Crippen molar-refractivity contribution in [1.82, 2.24) is 9.88 Å². The Labute approximate surface area is 269 Å². The normalized spacial score (nSPS) is 19.8. The zero-order chi connectivity index (χ0) is 30.8. The van der Waals surface area contributed by atoms with Gasteiger partial charge in [0.1, 0.15) is 0 Å². The molecule has 1 N–H and O–H groups in total. The summed E-state index contributed by atoms with van der Waals surface area (Å²) in [4.78, 5) is 5.37. The summed E-state index contributed by atoms with van der Waals surface area (Å²) in [6, 6.07) is 41.8. The first-order valence-electron chi connectivity index (χ1n) is 16.3. The lowest BCUT2D eigenvalue weighted by Gasteiger charge is -2.45. The molecular formula is C42H35N4-. The lowest BCUT2D eigenvalue weighted by Crippen LogP contribution is -2.40. The van der Waals surface area contributed by atoms with Gasteiger partial charge < -0.3 is 10.6 Å². The van der Waals surface area contributed by atoms with Gasteiger partial charge in [0.2, 0.25) is 5.96 Å². The van der Waals surface area contributed by atoms with E-state index in [9.17, 15) is 0 Å². The summed E-state index contributed by atoms with van der Waals surface area (Å²) in [7, 11) is 0. The number of hydrogen-bond donors (Lipinski definition) is 1. The number of nitrogens with one attached hydrogen (secondary N) is 1. The molecule has 46 heavy (non-hydrogen) atoms. The maximum absolute atomic E-state index is 5.37. The Morgan fingerprint density at radius 3 is 2.30 bits per heavy atom. The van der Waals surface area contributed by atoms with E-state index in [0.29, 0.717) is 0 Å². The van der Waals surface area contributed by atoms with Crippen molar-refractivity contribution in [3.8, 4) is 22.3 Å². The van der Waals surface area contributed by atoms with Crippen molar-refractivity contribution < 1.29 is 0 Å². The molecule has 2 unspecified atom stereocenters. The second kappa shape index (κ2) is 10.4. The molecule has 0 bridgehead atoms. The molecule has 3 aliphatic rings. The molecule has 224 valence electrons. The Morgan fingerprint density at radius 2 is 1.50 bits per heavy atom. The summed E-state index contributed by atoms with van der Waals surface area (Å²) in [5.41, 5.74) is 12.4. The average Bonchev–Trinajstić information content (AvgIpc) is 3.56. The van der Waals surface area contributed by atoms with E-state index >= 15 is 0 Å². The molecule has 0 amide bonds.